The molecule has 0 saturated heterocycles. The monoisotopic (exact) mass is 471 g/mol. The molecule has 0 N–H and O–H groups in total. The number of benzene rings is 2. The predicted octanol–water partition coefficient (Wildman–Crippen LogP) is 6.45. The van der Waals surface area contributed by atoms with Crippen LogP contribution < -0.4 is 0 Å². The second kappa shape index (κ2) is 7.26. The van der Waals surface area contributed by atoms with Crippen molar-refractivity contribution in [2.45, 2.75) is 51.4 Å². The molecule has 7 rings (SSSR count). The van der Waals surface area contributed by atoms with E-state index in [4.69, 9.17) is 15.2 Å². The van der Waals surface area contributed by atoms with Crippen LogP contribution in [0.25, 0.3) is 33.9 Å². The molecule has 2 aliphatic rings. The van der Waals surface area contributed by atoms with Crippen LogP contribution in [0.5, 0.6) is 0 Å². The zero-order valence-electron chi connectivity index (χ0n) is 21.2. The van der Waals surface area contributed by atoms with E-state index in [9.17, 15) is 0 Å². The predicted molar refractivity (Wildman–Crippen MR) is 143 cm³/mol. The van der Waals surface area contributed by atoms with Gasteiger partial charge in [0.1, 0.15) is 0 Å². The lowest BCUT2D eigenvalue weighted by Gasteiger charge is -2.35. The lowest BCUT2D eigenvalue weighted by Crippen LogP contribution is -2.30. The highest BCUT2D eigenvalue weighted by atomic mass is 15.3. The molecule has 0 saturated carbocycles. The fourth-order valence-corrected chi connectivity index (χ4v) is 6.04. The van der Waals surface area contributed by atoms with E-state index in [2.05, 4.69) is 91.7 Å². The Morgan fingerprint density at radius 2 is 1.03 bits per heavy atom. The molecule has 36 heavy (non-hydrogen) atoms. The molecule has 0 radical (unpaired) electrons. The Kier molecular flexibility index (Phi) is 4.30. The van der Waals surface area contributed by atoms with Crippen molar-refractivity contribution in [2.24, 2.45) is 0 Å². The van der Waals surface area contributed by atoms with Crippen molar-refractivity contribution < 1.29 is 0 Å². The van der Waals surface area contributed by atoms with Crippen LogP contribution in [-0.4, -0.2) is 24.5 Å². The summed E-state index contributed by atoms with van der Waals surface area (Å²) in [5, 5.41) is 9.74. The van der Waals surface area contributed by atoms with E-state index in [0.29, 0.717) is 0 Å². The third-order valence-electron chi connectivity index (χ3n) is 7.91. The number of hydrogen-bond acceptors (Lipinski definition) is 3. The molecule has 0 bridgehead atoms. The number of rotatable bonds is 2. The van der Waals surface area contributed by atoms with Crippen molar-refractivity contribution in [3.05, 3.63) is 102 Å². The molecule has 5 nitrogen and oxygen atoms in total. The van der Waals surface area contributed by atoms with Gasteiger partial charge in [0.15, 0.2) is 0 Å². The topological polar surface area (TPSA) is 48.5 Å². The van der Waals surface area contributed by atoms with Gasteiger partial charge in [-0.15, -0.1) is 0 Å². The van der Waals surface area contributed by atoms with E-state index < -0.39 is 0 Å². The maximum absolute atomic E-state index is 5.39. The van der Waals surface area contributed by atoms with E-state index in [1.165, 1.54) is 22.3 Å². The molecule has 3 heterocycles. The first-order valence-electron chi connectivity index (χ1n) is 12.6. The van der Waals surface area contributed by atoms with Crippen LogP contribution in [0.1, 0.15) is 50.2 Å². The van der Waals surface area contributed by atoms with Crippen LogP contribution in [-0.2, 0) is 23.7 Å². The SMILES string of the molecule is CC1(C)Cc2nc3c(cc2-c2c1cnn2-c1ccccc1)-c1c(cnn1-c1ccccc1)C(C)(C)C3. The summed E-state index contributed by atoms with van der Waals surface area (Å²) in [5.41, 5.74) is 11.6. The normalized spacial score (nSPS) is 16.6. The highest BCUT2D eigenvalue weighted by Crippen LogP contribution is 2.48. The Morgan fingerprint density at radius 1 is 0.611 bits per heavy atom. The number of nitrogens with zero attached hydrogens (tertiary/aromatic N) is 5. The van der Waals surface area contributed by atoms with Crippen LogP contribution in [0.4, 0.5) is 0 Å². The van der Waals surface area contributed by atoms with E-state index >= 15 is 0 Å². The Balaban J connectivity index is 1.51. The molecule has 3 aromatic heterocycles. The van der Waals surface area contributed by atoms with Gasteiger partial charge in [-0.25, -0.2) is 9.36 Å². The molecule has 5 aromatic rings. The number of hydrogen-bond donors (Lipinski definition) is 0. The van der Waals surface area contributed by atoms with Crippen molar-refractivity contribution in [3.63, 3.8) is 0 Å². The highest BCUT2D eigenvalue weighted by Gasteiger charge is 2.40. The average molecular weight is 472 g/mol. The van der Waals surface area contributed by atoms with Gasteiger partial charge < -0.3 is 0 Å². The highest BCUT2D eigenvalue weighted by molar-refractivity contribution is 5.81. The standard InChI is InChI=1S/C31H29N5/c1-30(2)16-26-22(28-24(30)18-32-35(28)20-11-7-5-8-12-20)15-23-27(34-26)17-31(3,4)25-19-33-36(29(23)25)21-13-9-6-10-14-21/h5-15,18-19H,16-17H2,1-4H3. The molecular formula is C31H29N5. The number of para-hydroxylation sites is 2. The fourth-order valence-electron chi connectivity index (χ4n) is 6.04. The van der Waals surface area contributed by atoms with Crippen molar-refractivity contribution in [1.29, 1.82) is 0 Å². The average Bonchev–Trinajstić information content (AvgIpc) is 3.51. The third-order valence-corrected chi connectivity index (χ3v) is 7.91. The van der Waals surface area contributed by atoms with Gasteiger partial charge in [0.05, 0.1) is 46.5 Å². The van der Waals surface area contributed by atoms with Crippen molar-refractivity contribution in [2.75, 3.05) is 0 Å². The first-order chi connectivity index (χ1) is 17.3. The van der Waals surface area contributed by atoms with Gasteiger partial charge in [-0.3, -0.25) is 4.98 Å². The van der Waals surface area contributed by atoms with Gasteiger partial charge in [-0.1, -0.05) is 64.1 Å². The van der Waals surface area contributed by atoms with E-state index in [-0.39, 0.29) is 10.8 Å². The molecule has 0 amide bonds. The molecule has 0 spiro atoms. The molecule has 0 fully saturated rings. The van der Waals surface area contributed by atoms with E-state index in [1.54, 1.807) is 0 Å². The number of aromatic nitrogens is 5. The zero-order valence-corrected chi connectivity index (χ0v) is 21.2. The summed E-state index contributed by atoms with van der Waals surface area (Å²) in [7, 11) is 0. The Hall–Kier alpha value is -3.99. The van der Waals surface area contributed by atoms with Crippen LogP contribution >= 0.6 is 0 Å². The van der Waals surface area contributed by atoms with Crippen LogP contribution in [0.3, 0.4) is 0 Å². The first kappa shape index (κ1) is 21.3. The maximum atomic E-state index is 5.39. The van der Waals surface area contributed by atoms with Crippen molar-refractivity contribution >= 4 is 0 Å². The van der Waals surface area contributed by atoms with Crippen molar-refractivity contribution in [1.82, 2.24) is 24.5 Å². The first-order valence-corrected chi connectivity index (χ1v) is 12.6. The smallest absolute Gasteiger partial charge is 0.0797 e. The minimum atomic E-state index is -0.0439. The summed E-state index contributed by atoms with van der Waals surface area (Å²) in [4.78, 5) is 5.39. The summed E-state index contributed by atoms with van der Waals surface area (Å²) in [6.45, 7) is 9.22. The molecular weight excluding hydrogens is 442 g/mol. The van der Waals surface area contributed by atoms with Crippen LogP contribution in [0.2, 0.25) is 0 Å². The van der Waals surface area contributed by atoms with E-state index in [1.807, 2.05) is 24.5 Å². The summed E-state index contributed by atoms with van der Waals surface area (Å²) < 4.78 is 4.18. The largest absolute Gasteiger partial charge is 0.256 e. The Morgan fingerprint density at radius 3 is 1.44 bits per heavy atom. The summed E-state index contributed by atoms with van der Waals surface area (Å²) in [6, 6.07) is 23.2. The summed E-state index contributed by atoms with van der Waals surface area (Å²) in [6.07, 6.45) is 5.89. The second-order valence-electron chi connectivity index (χ2n) is 11.4. The Bertz CT molecular complexity index is 1500. The maximum Gasteiger partial charge on any atom is 0.0797 e. The van der Waals surface area contributed by atoms with Gasteiger partial charge in [-0.05, 0) is 54.0 Å². The van der Waals surface area contributed by atoms with Crippen LogP contribution in [0.15, 0.2) is 79.1 Å². The lowest BCUT2D eigenvalue weighted by atomic mass is 9.71. The molecule has 0 unspecified atom stereocenters. The molecule has 178 valence electrons. The molecule has 5 heteroatoms. The second-order valence-corrected chi connectivity index (χ2v) is 11.4. The number of fused-ring (bicyclic) bond motifs is 6. The van der Waals surface area contributed by atoms with Gasteiger partial charge in [0.2, 0.25) is 0 Å². The number of pyridine rings is 1. The molecule has 2 aliphatic carbocycles. The zero-order chi connectivity index (χ0) is 24.7. The lowest BCUT2D eigenvalue weighted by molar-refractivity contribution is 0.493. The van der Waals surface area contributed by atoms with Gasteiger partial charge in [0, 0.05) is 22.3 Å². The van der Waals surface area contributed by atoms with Gasteiger partial charge >= 0.3 is 0 Å². The minimum Gasteiger partial charge on any atom is -0.256 e. The summed E-state index contributed by atoms with van der Waals surface area (Å²) in [5.74, 6) is 0. The fraction of sp³-hybridized carbons (Fsp3) is 0.258. The van der Waals surface area contributed by atoms with Crippen LogP contribution in [0, 0.1) is 0 Å². The van der Waals surface area contributed by atoms with Gasteiger partial charge in [0.25, 0.3) is 0 Å². The molecule has 2 aromatic carbocycles. The van der Waals surface area contributed by atoms with Crippen molar-refractivity contribution in [3.8, 4) is 33.9 Å². The molecule has 0 atom stereocenters. The third kappa shape index (κ3) is 2.98. The van der Waals surface area contributed by atoms with E-state index in [0.717, 1.165) is 47.0 Å². The Labute approximate surface area is 211 Å². The summed E-state index contributed by atoms with van der Waals surface area (Å²) >= 11 is 0. The minimum absolute atomic E-state index is 0.0439. The van der Waals surface area contributed by atoms with Gasteiger partial charge in [-0.2, -0.15) is 10.2 Å². The molecule has 0 aliphatic heterocycles. The quantitative estimate of drug-likeness (QED) is 0.297.